The Kier molecular flexibility index (Phi) is 5.26. The second kappa shape index (κ2) is 7.69. The molecule has 0 saturated carbocycles. The molecule has 1 amide bonds. The number of amides is 1. The maximum absolute atomic E-state index is 12.9. The van der Waals surface area contributed by atoms with Crippen LogP contribution in [0.5, 0.6) is 0 Å². The molecule has 1 spiro atoms. The summed E-state index contributed by atoms with van der Waals surface area (Å²) in [4.78, 5) is 17.3. The number of nitrogens with zero attached hydrogens (tertiary/aromatic N) is 2. The van der Waals surface area contributed by atoms with Crippen molar-refractivity contribution < 1.29 is 9.53 Å². The first-order valence-electron chi connectivity index (χ1n) is 10.1. The van der Waals surface area contributed by atoms with Crippen molar-refractivity contribution in [3.8, 4) is 0 Å². The molecule has 148 valence electrons. The zero-order valence-electron chi connectivity index (χ0n) is 17.1. The molecule has 2 saturated heterocycles. The third-order valence-electron chi connectivity index (χ3n) is 6.25. The number of likely N-dealkylation sites (N-methyl/N-ethyl adjacent to an activating group) is 1. The summed E-state index contributed by atoms with van der Waals surface area (Å²) in [5.41, 5.74) is 4.57. The van der Waals surface area contributed by atoms with Gasteiger partial charge >= 0.3 is 0 Å². The van der Waals surface area contributed by atoms with E-state index >= 15 is 0 Å². The Morgan fingerprint density at radius 2 is 1.86 bits per heavy atom. The third kappa shape index (κ3) is 3.85. The van der Waals surface area contributed by atoms with Crippen LogP contribution in [0.25, 0.3) is 0 Å². The average Bonchev–Trinajstić information content (AvgIpc) is 2.98. The second-order valence-corrected chi connectivity index (χ2v) is 8.75. The molecule has 0 N–H and O–H groups in total. The summed E-state index contributed by atoms with van der Waals surface area (Å²) < 4.78 is 5.98. The molecule has 2 aliphatic heterocycles. The van der Waals surface area contributed by atoms with E-state index in [9.17, 15) is 4.79 Å². The maximum Gasteiger partial charge on any atom is 0.254 e. The predicted octanol–water partition coefficient (Wildman–Crippen LogP) is 3.67. The largest absolute Gasteiger partial charge is 0.375 e. The first kappa shape index (κ1) is 19.2. The summed E-state index contributed by atoms with van der Waals surface area (Å²) >= 11 is 0. The number of aryl methyl sites for hydroxylation is 2. The molecule has 0 aliphatic carbocycles. The van der Waals surface area contributed by atoms with E-state index in [4.69, 9.17) is 4.74 Å². The summed E-state index contributed by atoms with van der Waals surface area (Å²) in [7, 11) is 2.18. The van der Waals surface area contributed by atoms with Crippen LogP contribution < -0.4 is 0 Å². The number of ether oxygens (including phenoxy) is 1. The standard InChI is InChI=1S/C24H30N2O2/c1-18-9-10-22(19(2)11-18)23(27)26-16-24(17-26)12-21(25(3)15-24)14-28-13-20-7-5-4-6-8-20/h4-11,21H,12-17H2,1-3H3. The molecule has 4 heteroatoms. The maximum atomic E-state index is 12.9. The fourth-order valence-corrected chi connectivity index (χ4v) is 4.81. The van der Waals surface area contributed by atoms with Gasteiger partial charge in [0, 0.05) is 36.7 Å². The Bertz CT molecular complexity index is 843. The highest BCUT2D eigenvalue weighted by atomic mass is 16.5. The predicted molar refractivity (Wildman–Crippen MR) is 111 cm³/mol. The fourth-order valence-electron chi connectivity index (χ4n) is 4.81. The molecule has 2 heterocycles. The second-order valence-electron chi connectivity index (χ2n) is 8.75. The Morgan fingerprint density at radius 3 is 2.57 bits per heavy atom. The molecule has 1 atom stereocenters. The lowest BCUT2D eigenvalue weighted by Gasteiger charge is -2.48. The van der Waals surface area contributed by atoms with Crippen molar-refractivity contribution in [2.24, 2.45) is 5.41 Å². The molecule has 0 aromatic heterocycles. The van der Waals surface area contributed by atoms with Gasteiger partial charge < -0.3 is 14.5 Å². The van der Waals surface area contributed by atoms with Gasteiger partial charge in [-0.05, 0) is 44.5 Å². The van der Waals surface area contributed by atoms with Crippen molar-refractivity contribution in [2.45, 2.75) is 32.9 Å². The van der Waals surface area contributed by atoms with Gasteiger partial charge in [-0.2, -0.15) is 0 Å². The van der Waals surface area contributed by atoms with Crippen LogP contribution in [-0.2, 0) is 11.3 Å². The van der Waals surface area contributed by atoms with Crippen molar-refractivity contribution in [2.75, 3.05) is 33.3 Å². The molecule has 28 heavy (non-hydrogen) atoms. The van der Waals surface area contributed by atoms with Crippen molar-refractivity contribution in [3.05, 3.63) is 70.8 Å². The molecular formula is C24H30N2O2. The van der Waals surface area contributed by atoms with Gasteiger partial charge in [-0.1, -0.05) is 48.0 Å². The topological polar surface area (TPSA) is 32.8 Å². The lowest BCUT2D eigenvalue weighted by atomic mass is 9.77. The molecule has 4 rings (SSSR count). The number of benzene rings is 2. The highest BCUT2D eigenvalue weighted by Crippen LogP contribution is 2.42. The minimum Gasteiger partial charge on any atom is -0.375 e. The summed E-state index contributed by atoms with van der Waals surface area (Å²) in [5.74, 6) is 0.176. The zero-order chi connectivity index (χ0) is 19.7. The zero-order valence-corrected chi connectivity index (χ0v) is 17.1. The van der Waals surface area contributed by atoms with E-state index in [0.29, 0.717) is 12.6 Å². The van der Waals surface area contributed by atoms with E-state index < -0.39 is 0 Å². The number of hydrogen-bond acceptors (Lipinski definition) is 3. The van der Waals surface area contributed by atoms with Gasteiger partial charge in [0.25, 0.3) is 5.91 Å². The normalized spacial score (nSPS) is 21.1. The molecule has 2 aromatic rings. The molecule has 2 fully saturated rings. The minimum absolute atomic E-state index is 0.176. The lowest BCUT2D eigenvalue weighted by Crippen LogP contribution is -2.59. The van der Waals surface area contributed by atoms with Gasteiger partial charge in [-0.25, -0.2) is 0 Å². The molecule has 0 radical (unpaired) electrons. The van der Waals surface area contributed by atoms with Gasteiger partial charge in [0.15, 0.2) is 0 Å². The summed E-state index contributed by atoms with van der Waals surface area (Å²) in [5, 5.41) is 0. The Morgan fingerprint density at radius 1 is 1.11 bits per heavy atom. The van der Waals surface area contributed by atoms with Crippen LogP contribution >= 0.6 is 0 Å². The number of likely N-dealkylation sites (tertiary alicyclic amines) is 2. The van der Waals surface area contributed by atoms with Crippen molar-refractivity contribution in [3.63, 3.8) is 0 Å². The van der Waals surface area contributed by atoms with Gasteiger partial charge in [-0.3, -0.25) is 4.79 Å². The van der Waals surface area contributed by atoms with E-state index in [0.717, 1.165) is 43.8 Å². The third-order valence-corrected chi connectivity index (χ3v) is 6.25. The van der Waals surface area contributed by atoms with Crippen LogP contribution in [0.3, 0.4) is 0 Å². The van der Waals surface area contributed by atoms with E-state index in [1.807, 2.05) is 42.2 Å². The monoisotopic (exact) mass is 378 g/mol. The van der Waals surface area contributed by atoms with Crippen LogP contribution in [0.4, 0.5) is 0 Å². The Balaban J connectivity index is 1.30. The number of rotatable bonds is 5. The van der Waals surface area contributed by atoms with E-state index in [1.54, 1.807) is 0 Å². The lowest BCUT2D eigenvalue weighted by molar-refractivity contribution is 0.0108. The van der Waals surface area contributed by atoms with E-state index in [-0.39, 0.29) is 11.3 Å². The van der Waals surface area contributed by atoms with Gasteiger partial charge in [0.05, 0.1) is 13.2 Å². The van der Waals surface area contributed by atoms with Gasteiger partial charge in [0.1, 0.15) is 0 Å². The molecule has 0 bridgehead atoms. The molecule has 4 nitrogen and oxygen atoms in total. The Labute approximate surface area is 168 Å². The van der Waals surface area contributed by atoms with Crippen molar-refractivity contribution >= 4 is 5.91 Å². The first-order chi connectivity index (χ1) is 13.5. The molecule has 1 unspecified atom stereocenters. The Hall–Kier alpha value is -2.17. The van der Waals surface area contributed by atoms with E-state index in [2.05, 4.69) is 37.1 Å². The van der Waals surface area contributed by atoms with Gasteiger partial charge in [-0.15, -0.1) is 0 Å². The first-order valence-corrected chi connectivity index (χ1v) is 10.1. The fraction of sp³-hybridized carbons (Fsp3) is 0.458. The molecule has 2 aliphatic rings. The number of carbonyl (C=O) groups is 1. The van der Waals surface area contributed by atoms with E-state index in [1.165, 1.54) is 11.1 Å². The molecular weight excluding hydrogens is 348 g/mol. The number of hydrogen-bond donors (Lipinski definition) is 0. The summed E-state index contributed by atoms with van der Waals surface area (Å²) in [6.07, 6.45) is 1.11. The smallest absolute Gasteiger partial charge is 0.254 e. The summed E-state index contributed by atoms with van der Waals surface area (Å²) in [6, 6.07) is 16.8. The summed E-state index contributed by atoms with van der Waals surface area (Å²) in [6.45, 7) is 8.27. The van der Waals surface area contributed by atoms with Crippen LogP contribution in [0, 0.1) is 19.3 Å². The average molecular weight is 379 g/mol. The van der Waals surface area contributed by atoms with Crippen molar-refractivity contribution in [1.82, 2.24) is 9.80 Å². The minimum atomic E-state index is 0.176. The van der Waals surface area contributed by atoms with Crippen LogP contribution in [-0.4, -0.2) is 55.0 Å². The van der Waals surface area contributed by atoms with Crippen LogP contribution in [0.1, 0.15) is 33.5 Å². The van der Waals surface area contributed by atoms with Crippen LogP contribution in [0.2, 0.25) is 0 Å². The quantitative estimate of drug-likeness (QED) is 0.796. The van der Waals surface area contributed by atoms with Crippen LogP contribution in [0.15, 0.2) is 48.5 Å². The highest BCUT2D eigenvalue weighted by molar-refractivity contribution is 5.96. The van der Waals surface area contributed by atoms with Crippen molar-refractivity contribution in [1.29, 1.82) is 0 Å². The SMILES string of the molecule is Cc1ccc(C(=O)N2CC3(CC(COCc4ccccc4)N(C)C3)C2)c(C)c1. The molecule has 2 aromatic carbocycles. The van der Waals surface area contributed by atoms with Gasteiger partial charge in [0.2, 0.25) is 0 Å². The highest BCUT2D eigenvalue weighted by Gasteiger charge is 2.51. The number of carbonyl (C=O) groups excluding carboxylic acids is 1.